The third kappa shape index (κ3) is 1.66. The minimum absolute atomic E-state index is 0.0780. The van der Waals surface area contributed by atoms with E-state index in [4.69, 9.17) is 1.37 Å². The van der Waals surface area contributed by atoms with Gasteiger partial charge in [-0.2, -0.15) is 0 Å². The van der Waals surface area contributed by atoms with Crippen molar-refractivity contribution in [3.8, 4) is 0 Å². The Morgan fingerprint density at radius 1 is 1.33 bits per heavy atom. The molecule has 4 unspecified atom stereocenters. The van der Waals surface area contributed by atoms with Gasteiger partial charge in [-0.15, -0.1) is 0 Å². The van der Waals surface area contributed by atoms with E-state index in [2.05, 4.69) is 46.6 Å². The summed E-state index contributed by atoms with van der Waals surface area (Å²) in [4.78, 5) is 2.38. The second-order valence-corrected chi connectivity index (χ2v) is 5.27. The first-order chi connectivity index (χ1) is 5.76. The third-order valence-electron chi connectivity index (χ3n) is 3.05. The molecule has 1 rings (SSSR count). The average Bonchev–Trinajstić information content (AvgIpc) is 2.14. The Kier molecular flexibility index (Phi) is 2.16. The number of likely N-dealkylation sites (tertiary alicyclic amines) is 1. The second-order valence-electron chi connectivity index (χ2n) is 5.27. The molecule has 0 spiro atoms. The fourth-order valence-corrected chi connectivity index (χ4v) is 2.70. The molecule has 72 valence electrons. The molecule has 1 heteroatoms. The lowest BCUT2D eigenvalue weighted by Crippen LogP contribution is -2.41. The van der Waals surface area contributed by atoms with Gasteiger partial charge in [-0.3, -0.25) is 4.90 Å². The molecule has 1 fully saturated rings. The highest BCUT2D eigenvalue weighted by Crippen LogP contribution is 2.38. The molecule has 1 heterocycles. The average molecular weight is 170 g/mol. The van der Waals surface area contributed by atoms with E-state index in [1.807, 2.05) is 0 Å². The molecule has 0 aliphatic carbocycles. The molecule has 0 bridgehead atoms. The van der Waals surface area contributed by atoms with Crippen LogP contribution < -0.4 is 0 Å². The molecule has 4 atom stereocenters. The van der Waals surface area contributed by atoms with Gasteiger partial charge in [0.25, 0.3) is 0 Å². The predicted molar refractivity (Wildman–Crippen MR) is 54.2 cm³/mol. The van der Waals surface area contributed by atoms with E-state index in [1.165, 1.54) is 0 Å². The van der Waals surface area contributed by atoms with Gasteiger partial charge >= 0.3 is 0 Å². The number of rotatable bonds is 0. The van der Waals surface area contributed by atoms with E-state index < -0.39 is 0 Å². The van der Waals surface area contributed by atoms with Crippen molar-refractivity contribution in [2.24, 2.45) is 11.3 Å². The first kappa shape index (κ1) is 8.55. The molecular weight excluding hydrogens is 146 g/mol. The van der Waals surface area contributed by atoms with Crippen molar-refractivity contribution < 1.29 is 1.37 Å². The highest BCUT2D eigenvalue weighted by atomic mass is 15.2. The van der Waals surface area contributed by atoms with E-state index >= 15 is 0 Å². The Bertz CT molecular complexity index is 171. The minimum atomic E-state index is 0.0780. The van der Waals surface area contributed by atoms with Gasteiger partial charge in [-0.1, -0.05) is 27.7 Å². The van der Waals surface area contributed by atoms with Crippen molar-refractivity contribution in [3.05, 3.63) is 0 Å². The standard InChI is InChI=1S/C11H23N/c1-8-7-9(2)12(6)10(8)11(3,4)5/h8-10H,7H2,1-6H3/i7D. The molecule has 12 heavy (non-hydrogen) atoms. The lowest BCUT2D eigenvalue weighted by atomic mass is 9.80. The Morgan fingerprint density at radius 3 is 2.00 bits per heavy atom. The molecule has 0 aromatic carbocycles. The molecule has 0 radical (unpaired) electrons. The topological polar surface area (TPSA) is 3.24 Å². The van der Waals surface area contributed by atoms with E-state index in [0.717, 1.165) is 0 Å². The maximum atomic E-state index is 8.04. The van der Waals surface area contributed by atoms with E-state index in [9.17, 15) is 0 Å². The van der Waals surface area contributed by atoms with Crippen LogP contribution in [0.15, 0.2) is 0 Å². The van der Waals surface area contributed by atoms with Crippen molar-refractivity contribution >= 4 is 0 Å². The van der Waals surface area contributed by atoms with Crippen LogP contribution >= 0.6 is 0 Å². The van der Waals surface area contributed by atoms with E-state index in [0.29, 0.717) is 18.0 Å². The van der Waals surface area contributed by atoms with Crippen LogP contribution in [0, 0.1) is 11.3 Å². The van der Waals surface area contributed by atoms with Gasteiger partial charge < -0.3 is 0 Å². The molecule has 1 saturated heterocycles. The van der Waals surface area contributed by atoms with Crippen LogP contribution in [0.4, 0.5) is 0 Å². The van der Waals surface area contributed by atoms with Gasteiger partial charge in [0.15, 0.2) is 0 Å². The van der Waals surface area contributed by atoms with Crippen molar-refractivity contribution in [2.45, 2.75) is 53.1 Å². The Morgan fingerprint density at radius 2 is 1.83 bits per heavy atom. The zero-order valence-electron chi connectivity index (χ0n) is 10.3. The molecule has 0 aromatic heterocycles. The summed E-state index contributed by atoms with van der Waals surface area (Å²) in [5.74, 6) is 0.486. The van der Waals surface area contributed by atoms with Crippen molar-refractivity contribution in [1.29, 1.82) is 0 Å². The van der Waals surface area contributed by atoms with Crippen LogP contribution in [-0.2, 0) is 0 Å². The van der Waals surface area contributed by atoms with E-state index in [1.54, 1.807) is 0 Å². The molecular formula is C11H23N. The summed E-state index contributed by atoms with van der Waals surface area (Å²) in [6, 6.07) is 0.948. The predicted octanol–water partition coefficient (Wildman–Crippen LogP) is 2.76. The number of hydrogen-bond acceptors (Lipinski definition) is 1. The van der Waals surface area contributed by atoms with Crippen molar-refractivity contribution in [1.82, 2.24) is 4.90 Å². The number of hydrogen-bond donors (Lipinski definition) is 0. The molecule has 0 amide bonds. The summed E-state index contributed by atoms with van der Waals surface area (Å²) in [6.07, 6.45) is 0.0780. The van der Waals surface area contributed by atoms with Crippen LogP contribution in [0.5, 0.6) is 0 Å². The summed E-state index contributed by atoms with van der Waals surface area (Å²) >= 11 is 0. The maximum absolute atomic E-state index is 8.04. The molecule has 0 aromatic rings. The number of nitrogens with zero attached hydrogens (tertiary/aromatic N) is 1. The lowest BCUT2D eigenvalue weighted by molar-refractivity contribution is 0.122. The monoisotopic (exact) mass is 170 g/mol. The quantitative estimate of drug-likeness (QED) is 0.540. The summed E-state index contributed by atoms with van der Waals surface area (Å²) in [7, 11) is 2.16. The third-order valence-corrected chi connectivity index (χ3v) is 3.05. The SMILES string of the molecule is [2H]C1C(C)C(C(C)(C)C)N(C)C1C. The highest BCUT2D eigenvalue weighted by Gasteiger charge is 2.40. The first-order valence-electron chi connectivity index (χ1n) is 5.48. The van der Waals surface area contributed by atoms with Gasteiger partial charge in [-0.05, 0) is 31.7 Å². The summed E-state index contributed by atoms with van der Waals surface area (Å²) in [5.41, 5.74) is 0.290. The van der Waals surface area contributed by atoms with Crippen LogP contribution in [-0.4, -0.2) is 24.0 Å². The van der Waals surface area contributed by atoms with Gasteiger partial charge in [-0.25, -0.2) is 0 Å². The normalized spacial score (nSPS) is 46.3. The zero-order valence-corrected chi connectivity index (χ0v) is 9.26. The van der Waals surface area contributed by atoms with Gasteiger partial charge in [0.2, 0.25) is 0 Å². The summed E-state index contributed by atoms with van der Waals surface area (Å²) in [6.45, 7) is 11.2. The molecule has 1 aliphatic rings. The molecule has 0 saturated carbocycles. The van der Waals surface area contributed by atoms with Crippen molar-refractivity contribution in [2.75, 3.05) is 7.05 Å². The van der Waals surface area contributed by atoms with Gasteiger partial charge in [0.1, 0.15) is 0 Å². The van der Waals surface area contributed by atoms with Gasteiger partial charge in [0.05, 0.1) is 0 Å². The Hall–Kier alpha value is -0.0400. The van der Waals surface area contributed by atoms with Crippen LogP contribution in [0.25, 0.3) is 0 Å². The zero-order chi connectivity index (χ0) is 10.4. The molecule has 0 N–H and O–H groups in total. The summed E-state index contributed by atoms with van der Waals surface area (Å²) < 4.78 is 8.04. The van der Waals surface area contributed by atoms with Crippen LogP contribution in [0.1, 0.15) is 42.4 Å². The van der Waals surface area contributed by atoms with Gasteiger partial charge in [0, 0.05) is 13.5 Å². The molecule has 1 aliphatic heterocycles. The largest absolute Gasteiger partial charge is 0.300 e. The lowest BCUT2D eigenvalue weighted by Gasteiger charge is -2.36. The van der Waals surface area contributed by atoms with Crippen LogP contribution in [0.2, 0.25) is 0 Å². The summed E-state index contributed by atoms with van der Waals surface area (Å²) in [5, 5.41) is 0. The fourth-order valence-electron chi connectivity index (χ4n) is 2.70. The van der Waals surface area contributed by atoms with Crippen LogP contribution in [0.3, 0.4) is 0 Å². The Labute approximate surface area is 78.5 Å². The van der Waals surface area contributed by atoms with Crippen molar-refractivity contribution in [3.63, 3.8) is 0 Å². The Balaban J connectivity index is 2.88. The highest BCUT2D eigenvalue weighted by molar-refractivity contribution is 4.94. The second kappa shape index (κ2) is 3.02. The molecule has 1 nitrogen and oxygen atoms in total. The fraction of sp³-hybridized carbons (Fsp3) is 1.00. The minimum Gasteiger partial charge on any atom is -0.300 e. The first-order valence-corrected chi connectivity index (χ1v) is 4.91. The smallest absolute Gasteiger partial charge is 0.0286 e. The van der Waals surface area contributed by atoms with E-state index in [-0.39, 0.29) is 11.8 Å². The maximum Gasteiger partial charge on any atom is 0.0286 e.